The molecule has 13 rings (SSSR count). The van der Waals surface area contributed by atoms with Crippen molar-refractivity contribution in [2.45, 2.75) is 41.5 Å². The first-order chi connectivity index (χ1) is 33.6. The first kappa shape index (κ1) is 40.6. The van der Waals surface area contributed by atoms with Crippen molar-refractivity contribution < 1.29 is 0 Å². The lowest BCUT2D eigenvalue weighted by Gasteiger charge is -2.23. The first-order valence-electron chi connectivity index (χ1n) is 23.8. The van der Waals surface area contributed by atoms with E-state index in [-0.39, 0.29) is 0 Å². The van der Waals surface area contributed by atoms with Crippen molar-refractivity contribution in [2.75, 3.05) is 0 Å². The molecule has 0 N–H and O–H groups in total. The van der Waals surface area contributed by atoms with Gasteiger partial charge in [0.25, 0.3) is 0 Å². The van der Waals surface area contributed by atoms with Crippen molar-refractivity contribution >= 4 is 65.4 Å². The maximum Gasteiger partial charge on any atom is 0.164 e. The largest absolute Gasteiger partial charge is 0.307 e. The molecule has 69 heavy (non-hydrogen) atoms. The lowest BCUT2D eigenvalue weighted by Crippen LogP contribution is -2.10. The van der Waals surface area contributed by atoms with Gasteiger partial charge in [0.2, 0.25) is 0 Å². The van der Waals surface area contributed by atoms with E-state index in [1.165, 1.54) is 65.7 Å². The Morgan fingerprint density at radius 1 is 0.261 bits per heavy atom. The van der Waals surface area contributed by atoms with E-state index >= 15 is 0 Å². The monoisotopic (exact) mass is 888 g/mol. The highest BCUT2D eigenvalue weighted by Gasteiger charge is 2.27. The van der Waals surface area contributed by atoms with E-state index in [2.05, 4.69) is 201 Å². The third kappa shape index (κ3) is 6.51. The molecular weight excluding hydrogens is 841 g/mol. The van der Waals surface area contributed by atoms with Gasteiger partial charge in [-0.15, -0.1) is 0 Å². The van der Waals surface area contributed by atoms with Crippen LogP contribution in [0, 0.1) is 41.5 Å². The van der Waals surface area contributed by atoms with Crippen LogP contribution in [0.5, 0.6) is 0 Å². The third-order valence-corrected chi connectivity index (χ3v) is 14.0. The van der Waals surface area contributed by atoms with Gasteiger partial charge >= 0.3 is 0 Å². The molecule has 0 saturated heterocycles. The second-order valence-corrected chi connectivity index (χ2v) is 19.0. The summed E-state index contributed by atoms with van der Waals surface area (Å²) >= 11 is 0. The number of aromatic nitrogens is 6. The van der Waals surface area contributed by atoms with Crippen LogP contribution in [-0.4, -0.2) is 28.7 Å². The Labute approximate surface area is 400 Å². The number of benzene rings is 9. The fourth-order valence-electron chi connectivity index (χ4n) is 10.8. The molecule has 6 nitrogen and oxygen atoms in total. The summed E-state index contributed by atoms with van der Waals surface area (Å²) < 4.78 is 7.51. The molecule has 0 spiro atoms. The van der Waals surface area contributed by atoms with Gasteiger partial charge in [-0.1, -0.05) is 130 Å². The average Bonchev–Trinajstić information content (AvgIpc) is 3.97. The predicted octanol–water partition coefficient (Wildman–Crippen LogP) is 16.0. The summed E-state index contributed by atoms with van der Waals surface area (Å²) in [6.07, 6.45) is 0. The van der Waals surface area contributed by atoms with E-state index in [4.69, 9.17) is 15.0 Å². The summed E-state index contributed by atoms with van der Waals surface area (Å²) in [4.78, 5) is 16.0. The number of hydrogen-bond acceptors (Lipinski definition) is 3. The lowest BCUT2D eigenvalue weighted by molar-refractivity contribution is 1.04. The van der Waals surface area contributed by atoms with E-state index in [1.54, 1.807) is 0 Å². The number of fused-ring (bicyclic) bond motifs is 9. The Balaban J connectivity index is 1.28. The number of aryl methyl sites for hydroxylation is 6. The molecule has 0 radical (unpaired) electrons. The van der Waals surface area contributed by atoms with E-state index in [9.17, 15) is 0 Å². The van der Waals surface area contributed by atoms with Crippen molar-refractivity contribution in [1.82, 2.24) is 28.7 Å². The summed E-state index contributed by atoms with van der Waals surface area (Å²) in [5, 5.41) is 7.27. The van der Waals surface area contributed by atoms with Crippen LogP contribution in [0.15, 0.2) is 182 Å². The fraction of sp³-hybridized carbons (Fsp3) is 0.0952. The molecule has 9 aromatic carbocycles. The van der Waals surface area contributed by atoms with Gasteiger partial charge < -0.3 is 13.7 Å². The lowest BCUT2D eigenvalue weighted by atomic mass is 10.1. The maximum atomic E-state index is 5.40. The summed E-state index contributed by atoms with van der Waals surface area (Å²) in [7, 11) is 0. The fourth-order valence-corrected chi connectivity index (χ4v) is 10.8. The van der Waals surface area contributed by atoms with Crippen molar-refractivity contribution in [3.05, 3.63) is 215 Å². The van der Waals surface area contributed by atoms with Gasteiger partial charge in [0, 0.05) is 49.0 Å². The van der Waals surface area contributed by atoms with Crippen LogP contribution in [-0.2, 0) is 0 Å². The molecule has 0 aliphatic rings. The minimum absolute atomic E-state index is 0.588. The van der Waals surface area contributed by atoms with E-state index in [0.717, 1.165) is 66.9 Å². The normalized spacial score (nSPS) is 11.9. The molecule has 0 unspecified atom stereocenters. The number of rotatable bonds is 6. The molecule has 0 amide bonds. The Kier molecular flexibility index (Phi) is 9.12. The molecule has 0 saturated carbocycles. The Hall–Kier alpha value is -8.61. The standard InChI is InChI=1S/C63H48N6/c1-37-17-23-52-46(29-37)47-30-38(2)18-24-53(47)67(52)58-35-45(63-65-61(43-13-9-7-10-14-43)64-62(66-63)44-15-11-8-12-16-44)36-59(68-54-25-19-39(3)31-48(54)49-32-40(4)20-26-55(49)68)60(58)69-56-27-21-41(5)33-50(56)51-34-42(6)22-28-57(51)69/h7-36H,1-6H3. The van der Waals surface area contributed by atoms with Crippen LogP contribution in [0.25, 0.3) is 117 Å². The van der Waals surface area contributed by atoms with Gasteiger partial charge in [0.15, 0.2) is 17.5 Å². The van der Waals surface area contributed by atoms with Crippen molar-refractivity contribution in [3.8, 4) is 51.2 Å². The zero-order chi connectivity index (χ0) is 46.7. The van der Waals surface area contributed by atoms with Gasteiger partial charge in [0.1, 0.15) is 0 Å². The molecule has 0 aliphatic carbocycles. The smallest absolute Gasteiger partial charge is 0.164 e. The number of nitrogens with zero attached hydrogens (tertiary/aromatic N) is 6. The molecule has 330 valence electrons. The van der Waals surface area contributed by atoms with Crippen molar-refractivity contribution in [2.24, 2.45) is 0 Å². The SMILES string of the molecule is Cc1ccc2c(c1)c1cc(C)ccc1n2-c1cc(-c2nc(-c3ccccc3)nc(-c3ccccc3)n2)cc(-n2c3ccc(C)cc3c3cc(C)ccc32)c1-n1c2ccc(C)cc2c2cc(C)ccc21. The summed E-state index contributed by atoms with van der Waals surface area (Å²) in [5.74, 6) is 1.82. The third-order valence-electron chi connectivity index (χ3n) is 14.0. The molecule has 0 fully saturated rings. The average molecular weight is 889 g/mol. The Morgan fingerprint density at radius 3 is 0.812 bits per heavy atom. The van der Waals surface area contributed by atoms with Crippen LogP contribution in [0.2, 0.25) is 0 Å². The molecule has 4 heterocycles. The van der Waals surface area contributed by atoms with Gasteiger partial charge in [0.05, 0.1) is 50.2 Å². The topological polar surface area (TPSA) is 53.5 Å². The highest BCUT2D eigenvalue weighted by molar-refractivity contribution is 6.14. The molecule has 0 aliphatic heterocycles. The second kappa shape index (κ2) is 15.5. The predicted molar refractivity (Wildman–Crippen MR) is 288 cm³/mol. The zero-order valence-corrected chi connectivity index (χ0v) is 39.5. The zero-order valence-electron chi connectivity index (χ0n) is 39.5. The van der Waals surface area contributed by atoms with Crippen molar-refractivity contribution in [1.29, 1.82) is 0 Å². The molecule has 0 atom stereocenters. The van der Waals surface area contributed by atoms with Crippen LogP contribution in [0.4, 0.5) is 0 Å². The summed E-state index contributed by atoms with van der Waals surface area (Å²) in [6, 6.07) is 66.5. The van der Waals surface area contributed by atoms with E-state index < -0.39 is 0 Å². The minimum Gasteiger partial charge on any atom is -0.307 e. The van der Waals surface area contributed by atoms with E-state index in [0.29, 0.717) is 17.5 Å². The second-order valence-electron chi connectivity index (χ2n) is 19.0. The highest BCUT2D eigenvalue weighted by Crippen LogP contribution is 2.45. The van der Waals surface area contributed by atoms with Crippen molar-refractivity contribution in [3.63, 3.8) is 0 Å². The quantitative estimate of drug-likeness (QED) is 0.167. The van der Waals surface area contributed by atoms with Crippen LogP contribution in [0.1, 0.15) is 33.4 Å². The molecule has 4 aromatic heterocycles. The van der Waals surface area contributed by atoms with Crippen LogP contribution >= 0.6 is 0 Å². The van der Waals surface area contributed by atoms with Gasteiger partial charge in [-0.3, -0.25) is 0 Å². The molecular formula is C63H48N6. The summed E-state index contributed by atoms with van der Waals surface area (Å²) in [5.41, 5.74) is 19.8. The van der Waals surface area contributed by atoms with Gasteiger partial charge in [-0.25, -0.2) is 15.0 Å². The van der Waals surface area contributed by atoms with Crippen LogP contribution in [0.3, 0.4) is 0 Å². The van der Waals surface area contributed by atoms with E-state index in [1.807, 2.05) is 36.4 Å². The first-order valence-corrected chi connectivity index (χ1v) is 23.8. The van der Waals surface area contributed by atoms with Gasteiger partial charge in [-0.2, -0.15) is 0 Å². The highest BCUT2D eigenvalue weighted by atomic mass is 15.1. The van der Waals surface area contributed by atoms with Crippen LogP contribution < -0.4 is 0 Å². The number of hydrogen-bond donors (Lipinski definition) is 0. The van der Waals surface area contributed by atoms with Gasteiger partial charge in [-0.05, 0) is 126 Å². The Morgan fingerprint density at radius 2 is 0.522 bits per heavy atom. The summed E-state index contributed by atoms with van der Waals surface area (Å²) in [6.45, 7) is 13.1. The molecule has 13 aromatic rings. The minimum atomic E-state index is 0.588. The molecule has 6 heteroatoms. The molecule has 0 bridgehead atoms. The maximum absolute atomic E-state index is 5.40. The Bertz CT molecular complexity index is 3860.